The van der Waals surface area contributed by atoms with Crippen LogP contribution in [-0.2, 0) is 25.6 Å². The monoisotopic (exact) mass is 456 g/mol. The van der Waals surface area contributed by atoms with Crippen LogP contribution in [0.25, 0.3) is 0 Å². The fourth-order valence-electron chi connectivity index (χ4n) is 4.02. The quantitative estimate of drug-likeness (QED) is 0.535. The van der Waals surface area contributed by atoms with Crippen molar-refractivity contribution in [1.29, 1.82) is 0 Å². The molecule has 33 heavy (non-hydrogen) atoms. The van der Waals surface area contributed by atoms with Gasteiger partial charge in [-0.25, -0.2) is 0 Å². The fraction of sp³-hybridized carbons (Fsp3) is 0.519. The van der Waals surface area contributed by atoms with Gasteiger partial charge in [0, 0.05) is 29.7 Å². The van der Waals surface area contributed by atoms with E-state index in [1.807, 2.05) is 75.4 Å². The average molecular weight is 457 g/mol. The molecule has 1 fully saturated rings. The summed E-state index contributed by atoms with van der Waals surface area (Å²) in [6.45, 7) is 7.19. The Morgan fingerprint density at radius 3 is 2.48 bits per heavy atom. The van der Waals surface area contributed by atoms with Crippen LogP contribution in [-0.4, -0.2) is 43.4 Å². The molecule has 1 saturated heterocycles. The van der Waals surface area contributed by atoms with Crippen LogP contribution in [0.15, 0.2) is 54.6 Å². The number of ketones is 1. The third-order valence-electron chi connectivity index (χ3n) is 6.30. The highest BCUT2D eigenvalue weighted by Gasteiger charge is 2.37. The summed E-state index contributed by atoms with van der Waals surface area (Å²) >= 11 is 0. The molecule has 2 aromatic carbocycles. The first-order chi connectivity index (χ1) is 15.9. The summed E-state index contributed by atoms with van der Waals surface area (Å²) < 4.78 is 23.0. The van der Waals surface area contributed by atoms with Gasteiger partial charge < -0.3 is 24.1 Å². The van der Waals surface area contributed by atoms with Crippen molar-refractivity contribution in [1.82, 2.24) is 0 Å². The van der Waals surface area contributed by atoms with Crippen LogP contribution >= 0.6 is 0 Å². The largest absolute Gasteiger partial charge is 0.497 e. The van der Waals surface area contributed by atoms with Crippen molar-refractivity contribution in [2.24, 2.45) is 17.8 Å². The number of hydrogen-bond acceptors (Lipinski definition) is 6. The maximum Gasteiger partial charge on any atom is 0.184 e. The molecule has 2 aromatic rings. The van der Waals surface area contributed by atoms with Crippen LogP contribution in [0.5, 0.6) is 5.75 Å². The average Bonchev–Trinajstić information content (AvgIpc) is 2.84. The number of rotatable bonds is 11. The number of hydrogen-bond donors (Lipinski definition) is 1. The molecule has 0 radical (unpaired) electrons. The first-order valence-electron chi connectivity index (χ1n) is 11.6. The molecule has 6 nitrogen and oxygen atoms in total. The van der Waals surface area contributed by atoms with E-state index in [0.717, 1.165) is 16.9 Å². The molecular formula is C27H36O6. The highest BCUT2D eigenvalue weighted by Crippen LogP contribution is 2.34. The maximum atomic E-state index is 13.0. The van der Waals surface area contributed by atoms with E-state index in [1.165, 1.54) is 0 Å². The Balaban J connectivity index is 1.50. The number of aliphatic hydroxyl groups excluding tert-OH is 1. The third kappa shape index (κ3) is 7.11. The summed E-state index contributed by atoms with van der Waals surface area (Å²) in [5, 5.41) is 10.6. The lowest BCUT2D eigenvalue weighted by Gasteiger charge is -2.38. The number of carbonyl (C=O) groups is 1. The van der Waals surface area contributed by atoms with Crippen molar-refractivity contribution in [3.8, 4) is 5.75 Å². The fourth-order valence-corrected chi connectivity index (χ4v) is 4.02. The van der Waals surface area contributed by atoms with Gasteiger partial charge in [0.1, 0.15) is 11.5 Å². The zero-order valence-electron chi connectivity index (χ0n) is 20.0. The van der Waals surface area contributed by atoms with Gasteiger partial charge in [-0.2, -0.15) is 0 Å². The van der Waals surface area contributed by atoms with Gasteiger partial charge in [0.2, 0.25) is 0 Å². The lowest BCUT2D eigenvalue weighted by molar-refractivity contribution is -0.248. The molecule has 180 valence electrons. The Labute approximate surface area is 196 Å². The minimum absolute atomic E-state index is 0.00959. The Hall–Kier alpha value is -2.25. The van der Waals surface area contributed by atoms with Crippen molar-refractivity contribution >= 4 is 5.78 Å². The highest BCUT2D eigenvalue weighted by atomic mass is 16.7. The Bertz CT molecular complexity index is 853. The Kier molecular flexibility index (Phi) is 9.44. The van der Waals surface area contributed by atoms with Gasteiger partial charge in [0.15, 0.2) is 6.29 Å². The molecule has 0 bridgehead atoms. The molecule has 1 N–H and O–H groups in total. The zero-order valence-corrected chi connectivity index (χ0v) is 20.0. The lowest BCUT2D eigenvalue weighted by Crippen LogP contribution is -2.42. The van der Waals surface area contributed by atoms with Crippen molar-refractivity contribution in [2.75, 3.05) is 20.3 Å². The first kappa shape index (κ1) is 25.4. The summed E-state index contributed by atoms with van der Waals surface area (Å²) in [5.74, 6) is 0.326. The predicted octanol–water partition coefficient (Wildman–Crippen LogP) is 4.55. The molecular weight excluding hydrogens is 420 g/mol. The molecule has 0 spiro atoms. The van der Waals surface area contributed by atoms with E-state index in [-0.39, 0.29) is 36.1 Å². The molecule has 6 heteroatoms. The van der Waals surface area contributed by atoms with Crippen LogP contribution in [0.4, 0.5) is 0 Å². The van der Waals surface area contributed by atoms with E-state index in [9.17, 15) is 9.90 Å². The predicted molar refractivity (Wildman–Crippen MR) is 126 cm³/mol. The molecule has 0 unspecified atom stereocenters. The van der Waals surface area contributed by atoms with Crippen LogP contribution in [0, 0.1) is 17.8 Å². The molecule has 0 amide bonds. The third-order valence-corrected chi connectivity index (χ3v) is 6.30. The summed E-state index contributed by atoms with van der Waals surface area (Å²) in [6.07, 6.45) is -1.49. The maximum absolute atomic E-state index is 13.0. The van der Waals surface area contributed by atoms with E-state index in [0.29, 0.717) is 19.8 Å². The normalized spacial score (nSPS) is 23.5. The van der Waals surface area contributed by atoms with Gasteiger partial charge in [0.25, 0.3) is 0 Å². The summed E-state index contributed by atoms with van der Waals surface area (Å²) in [5.41, 5.74) is 1.97. The van der Waals surface area contributed by atoms with Crippen molar-refractivity contribution < 1.29 is 28.8 Å². The SMILES string of the molecule is COc1ccc([C@H]2OC[C@H](C)[C@@H]([C@@H](C)C(=O)C[C@@H](O)[C@@H](C)COCc3ccccc3)O2)cc1. The van der Waals surface area contributed by atoms with Crippen molar-refractivity contribution in [3.63, 3.8) is 0 Å². The topological polar surface area (TPSA) is 74.2 Å². The lowest BCUT2D eigenvalue weighted by atomic mass is 9.86. The van der Waals surface area contributed by atoms with Gasteiger partial charge in [0.05, 0.1) is 39.1 Å². The second kappa shape index (κ2) is 12.3. The molecule has 0 aliphatic carbocycles. The minimum Gasteiger partial charge on any atom is -0.497 e. The first-order valence-corrected chi connectivity index (χ1v) is 11.6. The van der Waals surface area contributed by atoms with Crippen LogP contribution in [0.2, 0.25) is 0 Å². The molecule has 1 aliphatic rings. The van der Waals surface area contributed by atoms with Crippen LogP contribution in [0.1, 0.15) is 44.6 Å². The zero-order chi connectivity index (χ0) is 23.8. The van der Waals surface area contributed by atoms with Gasteiger partial charge in [-0.1, -0.05) is 63.2 Å². The summed E-state index contributed by atoms with van der Waals surface area (Å²) in [6, 6.07) is 17.4. The molecule has 0 saturated carbocycles. The summed E-state index contributed by atoms with van der Waals surface area (Å²) in [4.78, 5) is 13.0. The molecule has 0 aromatic heterocycles. The number of Topliss-reactive ketones (excluding diaryl/α,β-unsaturated/α-hetero) is 1. The van der Waals surface area contributed by atoms with Crippen LogP contribution in [0.3, 0.4) is 0 Å². The van der Waals surface area contributed by atoms with Gasteiger partial charge >= 0.3 is 0 Å². The highest BCUT2D eigenvalue weighted by molar-refractivity contribution is 5.81. The van der Waals surface area contributed by atoms with E-state index < -0.39 is 12.4 Å². The van der Waals surface area contributed by atoms with E-state index in [2.05, 4.69) is 0 Å². The molecule has 1 heterocycles. The van der Waals surface area contributed by atoms with E-state index in [1.54, 1.807) is 7.11 Å². The van der Waals surface area contributed by atoms with Gasteiger partial charge in [-0.05, 0) is 17.7 Å². The van der Waals surface area contributed by atoms with E-state index >= 15 is 0 Å². The van der Waals surface area contributed by atoms with Gasteiger partial charge in [-0.15, -0.1) is 0 Å². The number of methoxy groups -OCH3 is 1. The molecule has 3 rings (SSSR count). The van der Waals surface area contributed by atoms with Crippen molar-refractivity contribution in [2.45, 2.75) is 52.3 Å². The second-order valence-electron chi connectivity index (χ2n) is 9.02. The standard InChI is InChI=1S/C27H36O6/c1-18(15-31-17-21-8-6-5-7-9-21)24(28)14-25(29)20(3)26-19(2)16-32-27(33-26)22-10-12-23(30-4)13-11-22/h5-13,18-20,24,26-28H,14-17H2,1-4H3/t18-,19-,20-,24+,26-,27-/m0/s1. The Morgan fingerprint density at radius 2 is 1.82 bits per heavy atom. The Morgan fingerprint density at radius 1 is 1.12 bits per heavy atom. The van der Waals surface area contributed by atoms with Crippen molar-refractivity contribution in [3.05, 3.63) is 65.7 Å². The molecule has 1 aliphatic heterocycles. The second-order valence-corrected chi connectivity index (χ2v) is 9.02. The summed E-state index contributed by atoms with van der Waals surface area (Å²) in [7, 11) is 1.62. The number of ether oxygens (including phenoxy) is 4. The number of benzene rings is 2. The van der Waals surface area contributed by atoms with E-state index in [4.69, 9.17) is 18.9 Å². The smallest absolute Gasteiger partial charge is 0.184 e. The number of carbonyl (C=O) groups excluding carboxylic acids is 1. The minimum atomic E-state index is -0.761. The van der Waals surface area contributed by atoms with Gasteiger partial charge in [-0.3, -0.25) is 4.79 Å². The molecule has 6 atom stereocenters. The van der Waals surface area contributed by atoms with Crippen LogP contribution < -0.4 is 4.74 Å². The number of aliphatic hydroxyl groups is 1.